The molecule has 0 radical (unpaired) electrons. The predicted octanol–water partition coefficient (Wildman–Crippen LogP) is 4.67. The average molecular weight is 310 g/mol. The van der Waals surface area contributed by atoms with Crippen molar-refractivity contribution in [1.82, 2.24) is 0 Å². The zero-order valence-corrected chi connectivity index (χ0v) is 13.9. The molecule has 3 rings (SSSR count). The first-order chi connectivity index (χ1) is 11.2. The summed E-state index contributed by atoms with van der Waals surface area (Å²) in [6.07, 6.45) is 5.19. The molecule has 2 heteroatoms. The summed E-state index contributed by atoms with van der Waals surface area (Å²) in [5.41, 5.74) is 3.69. The van der Waals surface area contributed by atoms with Crippen LogP contribution in [0.15, 0.2) is 48.5 Å². The van der Waals surface area contributed by atoms with Crippen LogP contribution in [0.3, 0.4) is 0 Å². The number of benzene rings is 2. The lowest BCUT2D eigenvalue weighted by molar-refractivity contribution is 0.0696. The van der Waals surface area contributed by atoms with E-state index in [2.05, 4.69) is 43.3 Å². The van der Waals surface area contributed by atoms with Crippen molar-refractivity contribution in [2.24, 2.45) is 5.92 Å². The first-order valence-electron chi connectivity index (χ1n) is 8.67. The molecule has 23 heavy (non-hydrogen) atoms. The molecule has 0 amide bonds. The summed E-state index contributed by atoms with van der Waals surface area (Å²) in [5, 5.41) is 10.2. The van der Waals surface area contributed by atoms with E-state index in [1.807, 2.05) is 12.1 Å². The Morgan fingerprint density at radius 1 is 0.957 bits per heavy atom. The van der Waals surface area contributed by atoms with Gasteiger partial charge in [-0.25, -0.2) is 0 Å². The van der Waals surface area contributed by atoms with Crippen LogP contribution in [0.4, 0.5) is 0 Å². The maximum Gasteiger partial charge on any atom is 0.123 e. The van der Waals surface area contributed by atoms with Gasteiger partial charge in [-0.15, -0.1) is 0 Å². The Balaban J connectivity index is 1.69. The molecule has 0 aromatic heterocycles. The molecular weight excluding hydrogens is 284 g/mol. The fourth-order valence-corrected chi connectivity index (χ4v) is 3.45. The van der Waals surface area contributed by atoms with E-state index in [-0.39, 0.29) is 6.10 Å². The molecule has 0 spiro atoms. The Kier molecular flexibility index (Phi) is 5.35. The molecule has 1 N–H and O–H groups in total. The molecule has 1 saturated carbocycles. The fourth-order valence-electron chi connectivity index (χ4n) is 3.45. The monoisotopic (exact) mass is 310 g/mol. The van der Waals surface area contributed by atoms with Gasteiger partial charge in [0, 0.05) is 0 Å². The van der Waals surface area contributed by atoms with Gasteiger partial charge in [-0.2, -0.15) is 0 Å². The molecule has 0 aliphatic heterocycles. The Bertz CT molecular complexity index is 635. The minimum Gasteiger partial charge on any atom is -0.489 e. The second-order valence-corrected chi connectivity index (χ2v) is 6.64. The van der Waals surface area contributed by atoms with Gasteiger partial charge < -0.3 is 9.84 Å². The molecule has 2 aromatic carbocycles. The summed E-state index contributed by atoms with van der Waals surface area (Å²) in [6, 6.07) is 16.6. The van der Waals surface area contributed by atoms with Gasteiger partial charge in [-0.3, -0.25) is 0 Å². The van der Waals surface area contributed by atoms with Crippen LogP contribution in [0.5, 0.6) is 5.75 Å². The van der Waals surface area contributed by atoms with Crippen LogP contribution < -0.4 is 4.74 Å². The van der Waals surface area contributed by atoms with Crippen molar-refractivity contribution in [3.05, 3.63) is 65.2 Å². The van der Waals surface area contributed by atoms with Crippen LogP contribution in [0.1, 0.15) is 42.4 Å². The Morgan fingerprint density at radius 3 is 2.43 bits per heavy atom. The maximum atomic E-state index is 10.2. The van der Waals surface area contributed by atoms with Crippen molar-refractivity contribution in [3.8, 4) is 5.75 Å². The van der Waals surface area contributed by atoms with Gasteiger partial charge in [-0.05, 0) is 54.9 Å². The number of ether oxygens (including phenoxy) is 1. The number of aliphatic hydroxyl groups excluding tert-OH is 1. The number of hydrogen-bond acceptors (Lipinski definition) is 2. The van der Waals surface area contributed by atoms with Gasteiger partial charge in [0.15, 0.2) is 0 Å². The SMILES string of the molecule is Cc1ccccc1COc1ccccc1CC1CCCCC1O. The molecule has 2 aromatic rings. The maximum absolute atomic E-state index is 10.2. The van der Waals surface area contributed by atoms with Gasteiger partial charge in [0.25, 0.3) is 0 Å². The highest BCUT2D eigenvalue weighted by atomic mass is 16.5. The average Bonchev–Trinajstić information content (AvgIpc) is 2.57. The van der Waals surface area contributed by atoms with Crippen molar-refractivity contribution < 1.29 is 9.84 Å². The molecule has 0 heterocycles. The normalized spacial score (nSPS) is 21.1. The third-order valence-electron chi connectivity index (χ3n) is 4.97. The van der Waals surface area contributed by atoms with Gasteiger partial charge >= 0.3 is 0 Å². The van der Waals surface area contributed by atoms with E-state index < -0.39 is 0 Å². The molecule has 0 saturated heterocycles. The lowest BCUT2D eigenvalue weighted by Gasteiger charge is -2.28. The third kappa shape index (κ3) is 4.14. The Labute approximate surface area is 139 Å². The molecular formula is C21H26O2. The van der Waals surface area contributed by atoms with Crippen molar-refractivity contribution in [2.75, 3.05) is 0 Å². The summed E-state index contributed by atoms with van der Waals surface area (Å²) in [5.74, 6) is 1.32. The fraction of sp³-hybridized carbons (Fsp3) is 0.429. The van der Waals surface area contributed by atoms with E-state index in [4.69, 9.17) is 4.74 Å². The van der Waals surface area contributed by atoms with Gasteiger partial charge in [-0.1, -0.05) is 55.3 Å². The first-order valence-corrected chi connectivity index (χ1v) is 8.67. The van der Waals surface area contributed by atoms with E-state index in [0.717, 1.165) is 31.4 Å². The topological polar surface area (TPSA) is 29.5 Å². The number of rotatable bonds is 5. The summed E-state index contributed by atoms with van der Waals surface area (Å²) in [4.78, 5) is 0. The summed E-state index contributed by atoms with van der Waals surface area (Å²) >= 11 is 0. The summed E-state index contributed by atoms with van der Waals surface area (Å²) in [7, 11) is 0. The molecule has 1 aliphatic rings. The van der Waals surface area contributed by atoms with Crippen molar-refractivity contribution in [3.63, 3.8) is 0 Å². The standard InChI is InChI=1S/C21H26O2/c1-16-8-2-3-11-19(16)15-23-21-13-7-5-10-18(21)14-17-9-4-6-12-20(17)22/h2-3,5,7-8,10-11,13,17,20,22H,4,6,9,12,14-15H2,1H3. The zero-order chi connectivity index (χ0) is 16.1. The lowest BCUT2D eigenvalue weighted by Crippen LogP contribution is -2.26. The summed E-state index contributed by atoms with van der Waals surface area (Å²) < 4.78 is 6.10. The van der Waals surface area contributed by atoms with Crippen LogP contribution in [0, 0.1) is 12.8 Å². The number of para-hydroxylation sites is 1. The van der Waals surface area contributed by atoms with Gasteiger partial charge in [0.2, 0.25) is 0 Å². The number of aliphatic hydroxyl groups is 1. The number of hydrogen-bond donors (Lipinski definition) is 1. The predicted molar refractivity (Wildman–Crippen MR) is 93.6 cm³/mol. The van der Waals surface area contributed by atoms with Gasteiger partial charge in [0.05, 0.1) is 6.10 Å². The van der Waals surface area contributed by atoms with Crippen LogP contribution in [0.25, 0.3) is 0 Å². The molecule has 122 valence electrons. The van der Waals surface area contributed by atoms with E-state index in [9.17, 15) is 5.11 Å². The zero-order valence-electron chi connectivity index (χ0n) is 13.9. The van der Waals surface area contributed by atoms with Crippen molar-refractivity contribution in [1.29, 1.82) is 0 Å². The second-order valence-electron chi connectivity index (χ2n) is 6.64. The molecule has 0 bridgehead atoms. The van der Waals surface area contributed by atoms with E-state index in [0.29, 0.717) is 12.5 Å². The van der Waals surface area contributed by atoms with Crippen LogP contribution in [-0.4, -0.2) is 11.2 Å². The van der Waals surface area contributed by atoms with Gasteiger partial charge in [0.1, 0.15) is 12.4 Å². The number of aryl methyl sites for hydroxylation is 1. The smallest absolute Gasteiger partial charge is 0.123 e. The highest BCUT2D eigenvalue weighted by Gasteiger charge is 2.24. The van der Waals surface area contributed by atoms with Crippen LogP contribution >= 0.6 is 0 Å². The highest BCUT2D eigenvalue weighted by molar-refractivity contribution is 5.34. The minimum absolute atomic E-state index is 0.159. The first kappa shape index (κ1) is 16.1. The molecule has 2 nitrogen and oxygen atoms in total. The van der Waals surface area contributed by atoms with Crippen molar-refractivity contribution >= 4 is 0 Å². The lowest BCUT2D eigenvalue weighted by atomic mass is 9.82. The molecule has 2 atom stereocenters. The molecule has 1 fully saturated rings. The second kappa shape index (κ2) is 7.65. The Hall–Kier alpha value is -1.80. The van der Waals surface area contributed by atoms with Crippen LogP contribution in [-0.2, 0) is 13.0 Å². The molecule has 2 unspecified atom stereocenters. The van der Waals surface area contributed by atoms with E-state index in [1.54, 1.807) is 0 Å². The van der Waals surface area contributed by atoms with E-state index in [1.165, 1.54) is 23.1 Å². The third-order valence-corrected chi connectivity index (χ3v) is 4.97. The quantitative estimate of drug-likeness (QED) is 0.869. The highest BCUT2D eigenvalue weighted by Crippen LogP contribution is 2.30. The Morgan fingerprint density at radius 2 is 1.65 bits per heavy atom. The largest absolute Gasteiger partial charge is 0.489 e. The summed E-state index contributed by atoms with van der Waals surface area (Å²) in [6.45, 7) is 2.71. The van der Waals surface area contributed by atoms with E-state index >= 15 is 0 Å². The van der Waals surface area contributed by atoms with Crippen molar-refractivity contribution in [2.45, 2.75) is 51.7 Å². The van der Waals surface area contributed by atoms with Crippen LogP contribution in [0.2, 0.25) is 0 Å². The minimum atomic E-state index is -0.159. The molecule has 1 aliphatic carbocycles.